The van der Waals surface area contributed by atoms with Gasteiger partial charge in [0.15, 0.2) is 0 Å². The quantitative estimate of drug-likeness (QED) is 0.630. The Morgan fingerprint density at radius 2 is 1.69 bits per heavy atom. The molecular formula is C11H15ClO. The lowest BCUT2D eigenvalue weighted by Crippen LogP contribution is -1.74. The van der Waals surface area contributed by atoms with Gasteiger partial charge in [-0.3, -0.25) is 0 Å². The second-order valence-corrected chi connectivity index (χ2v) is 3.21. The summed E-state index contributed by atoms with van der Waals surface area (Å²) >= 11 is 5.53. The average molecular weight is 199 g/mol. The minimum atomic E-state index is 0.612. The molecule has 13 heavy (non-hydrogen) atoms. The topological polar surface area (TPSA) is 9.23 Å². The van der Waals surface area contributed by atoms with Gasteiger partial charge < -0.3 is 4.74 Å². The first-order valence-electron chi connectivity index (χ1n) is 4.61. The highest BCUT2D eigenvalue weighted by Crippen LogP contribution is 2.00. The Kier molecular flexibility index (Phi) is 5.62. The van der Waals surface area contributed by atoms with Crippen LogP contribution in [0.3, 0.4) is 0 Å². The molecule has 2 rings (SSSR count). The van der Waals surface area contributed by atoms with Gasteiger partial charge in [0.2, 0.25) is 0 Å². The lowest BCUT2D eigenvalue weighted by molar-refractivity contribution is 0.198. The number of rotatable bonds is 1. The van der Waals surface area contributed by atoms with Gasteiger partial charge in [0.25, 0.3) is 0 Å². The van der Waals surface area contributed by atoms with E-state index in [1.807, 2.05) is 30.3 Å². The van der Waals surface area contributed by atoms with Crippen molar-refractivity contribution in [3.05, 3.63) is 35.9 Å². The van der Waals surface area contributed by atoms with E-state index in [2.05, 4.69) is 0 Å². The fourth-order valence-electron chi connectivity index (χ4n) is 1.08. The van der Waals surface area contributed by atoms with Crippen molar-refractivity contribution in [1.29, 1.82) is 0 Å². The van der Waals surface area contributed by atoms with E-state index in [-0.39, 0.29) is 0 Å². The fourth-order valence-corrected chi connectivity index (χ4v) is 1.26. The van der Waals surface area contributed by atoms with E-state index >= 15 is 0 Å². The van der Waals surface area contributed by atoms with Crippen LogP contribution in [0.15, 0.2) is 30.3 Å². The Balaban J connectivity index is 0.000000145. The third-order valence-corrected chi connectivity index (χ3v) is 2.13. The molecule has 1 heterocycles. The van der Waals surface area contributed by atoms with E-state index in [9.17, 15) is 0 Å². The second kappa shape index (κ2) is 6.93. The fraction of sp³-hybridized carbons (Fsp3) is 0.455. The van der Waals surface area contributed by atoms with E-state index < -0.39 is 0 Å². The van der Waals surface area contributed by atoms with Crippen molar-refractivity contribution < 1.29 is 4.74 Å². The molecule has 1 aromatic carbocycles. The van der Waals surface area contributed by atoms with Crippen LogP contribution in [0.2, 0.25) is 0 Å². The molecule has 0 spiro atoms. The molecular weight excluding hydrogens is 184 g/mol. The Hall–Kier alpha value is -0.530. The largest absolute Gasteiger partial charge is 0.381 e. The molecule has 0 radical (unpaired) electrons. The van der Waals surface area contributed by atoms with Crippen molar-refractivity contribution in [1.82, 2.24) is 0 Å². The molecule has 0 aliphatic carbocycles. The molecule has 1 aliphatic heterocycles. The van der Waals surface area contributed by atoms with Gasteiger partial charge in [-0.2, -0.15) is 0 Å². The summed E-state index contributed by atoms with van der Waals surface area (Å²) in [4.78, 5) is 0. The summed E-state index contributed by atoms with van der Waals surface area (Å²) < 4.78 is 4.94. The van der Waals surface area contributed by atoms with Gasteiger partial charge in [-0.25, -0.2) is 0 Å². The Bertz CT molecular complexity index is 199. The van der Waals surface area contributed by atoms with Crippen molar-refractivity contribution in [2.75, 3.05) is 13.2 Å². The monoisotopic (exact) mass is 198 g/mol. The van der Waals surface area contributed by atoms with Crippen LogP contribution in [0.5, 0.6) is 0 Å². The van der Waals surface area contributed by atoms with Crippen LogP contribution in [0.25, 0.3) is 0 Å². The molecule has 0 bridgehead atoms. The van der Waals surface area contributed by atoms with E-state index in [0.29, 0.717) is 5.88 Å². The molecule has 0 aromatic heterocycles. The highest BCUT2D eigenvalue weighted by molar-refractivity contribution is 6.17. The first kappa shape index (κ1) is 10.6. The number of ether oxygens (including phenoxy) is 1. The van der Waals surface area contributed by atoms with Gasteiger partial charge >= 0.3 is 0 Å². The molecule has 0 N–H and O–H groups in total. The van der Waals surface area contributed by atoms with Crippen molar-refractivity contribution in [3.8, 4) is 0 Å². The molecule has 1 saturated heterocycles. The average Bonchev–Trinajstić information content (AvgIpc) is 2.77. The standard InChI is InChI=1S/C7H7Cl.C4H8O/c8-6-7-4-2-1-3-5-7;1-2-4-5-3-1/h1-5H,6H2;1-4H2. The molecule has 1 aromatic rings. The minimum absolute atomic E-state index is 0.612. The normalized spacial score (nSPS) is 14.8. The Labute approximate surface area is 84.7 Å². The summed E-state index contributed by atoms with van der Waals surface area (Å²) in [6, 6.07) is 9.96. The molecule has 0 saturated carbocycles. The molecule has 0 unspecified atom stereocenters. The molecule has 2 heteroatoms. The maximum atomic E-state index is 5.53. The summed E-state index contributed by atoms with van der Waals surface area (Å²) in [5.74, 6) is 0.612. The van der Waals surface area contributed by atoms with E-state index in [1.54, 1.807) is 0 Å². The third kappa shape index (κ3) is 4.91. The number of hydrogen-bond acceptors (Lipinski definition) is 1. The Morgan fingerprint density at radius 3 is 2.00 bits per heavy atom. The van der Waals surface area contributed by atoms with Crippen LogP contribution >= 0.6 is 11.6 Å². The zero-order valence-corrected chi connectivity index (χ0v) is 8.46. The molecule has 72 valence electrons. The van der Waals surface area contributed by atoms with Crippen molar-refractivity contribution in [2.45, 2.75) is 18.7 Å². The van der Waals surface area contributed by atoms with Crippen molar-refractivity contribution in [3.63, 3.8) is 0 Å². The van der Waals surface area contributed by atoms with Gasteiger partial charge in [-0.15, -0.1) is 11.6 Å². The highest BCUT2D eigenvalue weighted by Gasteiger charge is 1.94. The van der Waals surface area contributed by atoms with Gasteiger partial charge in [0.05, 0.1) is 0 Å². The Morgan fingerprint density at radius 1 is 1.08 bits per heavy atom. The predicted molar refractivity (Wildman–Crippen MR) is 56.1 cm³/mol. The molecule has 1 nitrogen and oxygen atoms in total. The molecule has 1 fully saturated rings. The zero-order chi connectivity index (χ0) is 9.36. The number of hydrogen-bond donors (Lipinski definition) is 0. The van der Waals surface area contributed by atoms with Gasteiger partial charge in [-0.1, -0.05) is 30.3 Å². The first-order valence-corrected chi connectivity index (χ1v) is 5.14. The maximum absolute atomic E-state index is 5.53. The molecule has 1 aliphatic rings. The van der Waals surface area contributed by atoms with E-state index in [0.717, 1.165) is 13.2 Å². The summed E-state index contributed by atoms with van der Waals surface area (Å²) in [7, 11) is 0. The van der Waals surface area contributed by atoms with Crippen LogP contribution in [0.4, 0.5) is 0 Å². The lowest BCUT2D eigenvalue weighted by atomic mass is 10.2. The van der Waals surface area contributed by atoms with Crippen LogP contribution in [0, 0.1) is 0 Å². The van der Waals surface area contributed by atoms with Gasteiger partial charge in [0, 0.05) is 19.1 Å². The molecule has 0 atom stereocenters. The van der Waals surface area contributed by atoms with Crippen molar-refractivity contribution in [2.24, 2.45) is 0 Å². The summed E-state index contributed by atoms with van der Waals surface area (Å²) in [5, 5.41) is 0. The second-order valence-electron chi connectivity index (χ2n) is 2.94. The van der Waals surface area contributed by atoms with Crippen LogP contribution in [-0.2, 0) is 10.6 Å². The summed E-state index contributed by atoms with van der Waals surface area (Å²) in [6.45, 7) is 2.00. The van der Waals surface area contributed by atoms with Crippen LogP contribution in [-0.4, -0.2) is 13.2 Å². The van der Waals surface area contributed by atoms with Crippen LogP contribution in [0.1, 0.15) is 18.4 Å². The smallest absolute Gasteiger partial charge is 0.0474 e. The SMILES string of the molecule is C1CCOC1.ClCc1ccccc1. The van der Waals surface area contributed by atoms with Gasteiger partial charge in [0.1, 0.15) is 0 Å². The zero-order valence-electron chi connectivity index (χ0n) is 7.71. The first-order chi connectivity index (χ1) is 6.43. The third-order valence-electron chi connectivity index (χ3n) is 1.82. The summed E-state index contributed by atoms with van der Waals surface area (Å²) in [5.41, 5.74) is 1.18. The van der Waals surface area contributed by atoms with Crippen molar-refractivity contribution >= 4 is 11.6 Å². The van der Waals surface area contributed by atoms with E-state index in [1.165, 1.54) is 18.4 Å². The van der Waals surface area contributed by atoms with Crippen LogP contribution < -0.4 is 0 Å². The van der Waals surface area contributed by atoms with Gasteiger partial charge in [-0.05, 0) is 18.4 Å². The predicted octanol–water partition coefficient (Wildman–Crippen LogP) is 3.22. The van der Waals surface area contributed by atoms with E-state index in [4.69, 9.17) is 16.3 Å². The lowest BCUT2D eigenvalue weighted by Gasteiger charge is -1.88. The maximum Gasteiger partial charge on any atom is 0.0474 e. The molecule has 0 amide bonds. The highest BCUT2D eigenvalue weighted by atomic mass is 35.5. The summed E-state index contributed by atoms with van der Waals surface area (Å²) in [6.07, 6.45) is 2.56. The minimum Gasteiger partial charge on any atom is -0.381 e. The number of alkyl halides is 1. The number of halogens is 1. The number of benzene rings is 1.